The predicted octanol–water partition coefficient (Wildman–Crippen LogP) is 6.49. The molecule has 4 heterocycles. The number of nitrogens with one attached hydrogen (secondary N) is 1. The van der Waals surface area contributed by atoms with Crippen LogP contribution in [0.3, 0.4) is 0 Å². The summed E-state index contributed by atoms with van der Waals surface area (Å²) in [6.07, 6.45) is 6.17. The molecule has 12 nitrogen and oxygen atoms in total. The van der Waals surface area contributed by atoms with E-state index in [0.717, 1.165) is 36.9 Å². The first-order chi connectivity index (χ1) is 27.5. The summed E-state index contributed by atoms with van der Waals surface area (Å²) in [5, 5.41) is 20.9. The fourth-order valence-corrected chi connectivity index (χ4v) is 11.2. The molecule has 4 aromatic rings. The van der Waals surface area contributed by atoms with E-state index in [-0.39, 0.29) is 24.0 Å². The molecule has 2 saturated heterocycles. The molecule has 2 aromatic heterocycles. The lowest BCUT2D eigenvalue weighted by atomic mass is 9.82. The van der Waals surface area contributed by atoms with Gasteiger partial charge in [0.25, 0.3) is 0 Å². The number of aliphatic hydroxyl groups is 1. The van der Waals surface area contributed by atoms with Gasteiger partial charge in [-0.1, -0.05) is 53.5 Å². The van der Waals surface area contributed by atoms with Gasteiger partial charge < -0.3 is 14.3 Å². The van der Waals surface area contributed by atoms with Crippen molar-refractivity contribution in [3.8, 4) is 45.7 Å². The SMILES string of the molecule is COc1nc(-c2cccc(-c3cccc(-c4cc5c(o4)C(C#N)=C4CC[C@@H](N6CC[C@@H](C(=O)NS(=O)(=O)C7CC7)C6)C4C5)c3Cl)c2Cl)cnc1CN1CC[C@@H](O)C1. The van der Waals surface area contributed by atoms with Crippen molar-refractivity contribution < 1.29 is 27.5 Å². The van der Waals surface area contributed by atoms with Crippen LogP contribution >= 0.6 is 23.2 Å². The van der Waals surface area contributed by atoms with Gasteiger partial charge in [0.05, 0.1) is 51.9 Å². The highest BCUT2D eigenvalue weighted by Gasteiger charge is 2.45. The molecule has 2 saturated carbocycles. The summed E-state index contributed by atoms with van der Waals surface area (Å²) < 4.78 is 39.3. The number of rotatable bonds is 10. The zero-order valence-electron chi connectivity index (χ0n) is 31.4. The molecular formula is C42H42Cl2N6O6S. The number of nitriles is 1. The quantitative estimate of drug-likeness (QED) is 0.180. The van der Waals surface area contributed by atoms with Crippen molar-refractivity contribution in [2.24, 2.45) is 11.8 Å². The highest BCUT2D eigenvalue weighted by atomic mass is 35.5. The van der Waals surface area contributed by atoms with Crippen molar-refractivity contribution in [3.63, 3.8) is 0 Å². The highest BCUT2D eigenvalue weighted by Crippen LogP contribution is 2.49. The van der Waals surface area contributed by atoms with Crippen molar-refractivity contribution in [3.05, 3.63) is 81.3 Å². The number of halogens is 2. The number of aromatic nitrogens is 2. The zero-order chi connectivity index (χ0) is 39.6. The summed E-state index contributed by atoms with van der Waals surface area (Å²) in [4.78, 5) is 26.8. The van der Waals surface area contributed by atoms with Gasteiger partial charge in [-0.3, -0.25) is 24.3 Å². The van der Waals surface area contributed by atoms with E-state index in [4.69, 9.17) is 37.3 Å². The second-order valence-corrected chi connectivity index (χ2v) is 18.5. The Hall–Kier alpha value is -4.29. The smallest absolute Gasteiger partial charge is 0.237 e. The fraction of sp³-hybridized carbons (Fsp3) is 0.429. The molecule has 0 bridgehead atoms. The van der Waals surface area contributed by atoms with E-state index in [2.05, 4.69) is 25.6 Å². The Labute approximate surface area is 341 Å². The number of carbonyl (C=O) groups excluding carboxylic acids is 1. The maximum atomic E-state index is 13.0. The minimum Gasteiger partial charge on any atom is -0.480 e. The van der Waals surface area contributed by atoms with Gasteiger partial charge in [-0.05, 0) is 69.2 Å². The number of β-amino-alcohol motifs (C(OH)–C–C–N with tert-alkyl or cyclic N) is 1. The number of benzene rings is 2. The van der Waals surface area contributed by atoms with Crippen molar-refractivity contribution in [1.82, 2.24) is 24.5 Å². The molecule has 3 aliphatic carbocycles. The first-order valence-corrected chi connectivity index (χ1v) is 21.8. The van der Waals surface area contributed by atoms with Crippen molar-refractivity contribution in [2.45, 2.75) is 68.9 Å². The largest absolute Gasteiger partial charge is 0.480 e. The fourth-order valence-electron chi connectivity index (χ4n) is 9.18. The molecule has 2 aliphatic heterocycles. The number of allylic oxidation sites excluding steroid dienone is 1. The third kappa shape index (κ3) is 7.15. The zero-order valence-corrected chi connectivity index (χ0v) is 33.7. The number of carbonyl (C=O) groups is 1. The minimum atomic E-state index is -3.59. The van der Waals surface area contributed by atoms with Crippen LogP contribution in [0.4, 0.5) is 0 Å². The average molecular weight is 830 g/mol. The topological polar surface area (TPSA) is 162 Å². The van der Waals surface area contributed by atoms with Crippen LogP contribution in [-0.2, 0) is 27.8 Å². The Bertz CT molecular complexity index is 2460. The molecule has 0 spiro atoms. The Morgan fingerprint density at radius 3 is 2.47 bits per heavy atom. The third-order valence-electron chi connectivity index (χ3n) is 12.3. The van der Waals surface area contributed by atoms with Gasteiger partial charge >= 0.3 is 0 Å². The summed E-state index contributed by atoms with van der Waals surface area (Å²) in [6, 6.07) is 15.9. The third-order valence-corrected chi connectivity index (χ3v) is 14.9. The number of nitrogens with zero attached hydrogens (tertiary/aromatic N) is 5. The molecule has 9 rings (SSSR count). The first kappa shape index (κ1) is 38.2. The number of furan rings is 1. The normalized spacial score (nSPS) is 23.7. The number of hydrogen-bond acceptors (Lipinski definition) is 11. The van der Waals surface area contributed by atoms with Crippen molar-refractivity contribution in [2.75, 3.05) is 33.3 Å². The standard InChI is InChI=1S/C42H42Cl2N6O6S/c1-55-42-35(22-49-14-13-25(51)21-49)46-19-34(47-42)30-6-2-4-28(38(30)43)29-5-3-7-31(39(29)44)37-17-24-16-32-27(33(18-45)40(24)56-37)10-11-36(32)50-15-12-23(20-50)41(52)48-57(53,54)26-8-9-26/h2-7,17,19,23,25-26,32,36,51H,8-16,20-22H2,1H3,(H,48,52)/t23-,25-,32?,36-/m1/s1. The van der Waals surface area contributed by atoms with Crippen LogP contribution in [0.25, 0.3) is 39.3 Å². The summed E-state index contributed by atoms with van der Waals surface area (Å²) in [5.41, 5.74) is 6.53. The number of fused-ring (bicyclic) bond motifs is 2. The van der Waals surface area contributed by atoms with Gasteiger partial charge in [-0.15, -0.1) is 0 Å². The van der Waals surface area contributed by atoms with Crippen LogP contribution in [0, 0.1) is 23.2 Å². The molecule has 2 aromatic carbocycles. The van der Waals surface area contributed by atoms with E-state index in [0.29, 0.717) is 119 Å². The molecule has 0 radical (unpaired) electrons. The summed E-state index contributed by atoms with van der Waals surface area (Å²) in [7, 11) is -2.03. The number of hydrogen-bond donors (Lipinski definition) is 2. The van der Waals surface area contributed by atoms with Crippen LogP contribution in [0.5, 0.6) is 5.88 Å². The average Bonchev–Trinajstić information content (AvgIpc) is 3.47. The summed E-state index contributed by atoms with van der Waals surface area (Å²) >= 11 is 14.3. The molecule has 2 N–H and O–H groups in total. The van der Waals surface area contributed by atoms with Gasteiger partial charge in [0, 0.05) is 66.0 Å². The van der Waals surface area contributed by atoms with E-state index in [9.17, 15) is 23.6 Å². The molecule has 4 atom stereocenters. The van der Waals surface area contributed by atoms with Gasteiger partial charge in [-0.25, -0.2) is 13.4 Å². The maximum absolute atomic E-state index is 13.0. The number of methoxy groups -OCH3 is 1. The molecule has 1 amide bonds. The molecule has 57 heavy (non-hydrogen) atoms. The molecule has 296 valence electrons. The van der Waals surface area contributed by atoms with Crippen LogP contribution in [0.2, 0.25) is 10.0 Å². The molecule has 15 heteroatoms. The van der Waals surface area contributed by atoms with Crippen molar-refractivity contribution in [1.29, 1.82) is 5.26 Å². The van der Waals surface area contributed by atoms with Gasteiger partial charge in [0.15, 0.2) is 0 Å². The molecule has 4 fully saturated rings. The van der Waals surface area contributed by atoms with E-state index in [1.54, 1.807) is 13.3 Å². The van der Waals surface area contributed by atoms with Gasteiger partial charge in [0.1, 0.15) is 23.3 Å². The number of ether oxygens (including phenoxy) is 1. The Balaban J connectivity index is 0.957. The van der Waals surface area contributed by atoms with E-state index >= 15 is 0 Å². The number of aliphatic hydroxyl groups excluding tert-OH is 1. The second kappa shape index (κ2) is 15.1. The lowest BCUT2D eigenvalue weighted by Crippen LogP contribution is -2.41. The molecular weight excluding hydrogens is 787 g/mol. The van der Waals surface area contributed by atoms with Crippen LogP contribution < -0.4 is 9.46 Å². The van der Waals surface area contributed by atoms with E-state index in [1.807, 2.05) is 42.5 Å². The maximum Gasteiger partial charge on any atom is 0.237 e. The van der Waals surface area contributed by atoms with E-state index in [1.165, 1.54) is 0 Å². The summed E-state index contributed by atoms with van der Waals surface area (Å²) in [5.74, 6) is 0.808. The Morgan fingerprint density at radius 1 is 1.04 bits per heavy atom. The second-order valence-electron chi connectivity index (χ2n) is 15.8. The summed E-state index contributed by atoms with van der Waals surface area (Å²) in [6.45, 7) is 3.07. The number of amides is 1. The lowest BCUT2D eigenvalue weighted by molar-refractivity contribution is -0.122. The van der Waals surface area contributed by atoms with Gasteiger partial charge in [0.2, 0.25) is 21.8 Å². The molecule has 1 unspecified atom stereocenters. The molecule has 5 aliphatic rings. The lowest BCUT2D eigenvalue weighted by Gasteiger charge is -2.31. The van der Waals surface area contributed by atoms with Crippen LogP contribution in [0.1, 0.15) is 55.5 Å². The first-order valence-electron chi connectivity index (χ1n) is 19.5. The number of likely N-dealkylation sites (tertiary alicyclic amines) is 2. The van der Waals surface area contributed by atoms with Crippen LogP contribution in [-0.4, -0.2) is 89.9 Å². The van der Waals surface area contributed by atoms with Crippen LogP contribution in [0.15, 0.2) is 58.7 Å². The van der Waals surface area contributed by atoms with Gasteiger partial charge in [-0.2, -0.15) is 5.26 Å². The Kier molecular flexibility index (Phi) is 10.2. The van der Waals surface area contributed by atoms with Crippen molar-refractivity contribution >= 4 is 44.7 Å². The highest BCUT2D eigenvalue weighted by molar-refractivity contribution is 7.90. The Morgan fingerprint density at radius 2 is 1.77 bits per heavy atom. The van der Waals surface area contributed by atoms with E-state index < -0.39 is 21.2 Å². The predicted molar refractivity (Wildman–Crippen MR) is 216 cm³/mol. The minimum absolute atomic E-state index is 0.0851. The monoisotopic (exact) mass is 828 g/mol. The number of sulfonamides is 1.